The van der Waals surface area contributed by atoms with Crippen molar-refractivity contribution < 1.29 is 27.9 Å². The third-order valence-corrected chi connectivity index (χ3v) is 6.67. The summed E-state index contributed by atoms with van der Waals surface area (Å²) in [5.41, 5.74) is 5.97. The van der Waals surface area contributed by atoms with Gasteiger partial charge in [0.1, 0.15) is 5.52 Å². The number of carboxylic acids is 1. The van der Waals surface area contributed by atoms with Gasteiger partial charge < -0.3 is 14.6 Å². The van der Waals surface area contributed by atoms with Crippen molar-refractivity contribution in [3.05, 3.63) is 70.8 Å². The molecule has 188 valence electrons. The Kier molecular flexibility index (Phi) is 7.39. The fourth-order valence-corrected chi connectivity index (χ4v) is 4.73. The number of alkyl halides is 3. The molecule has 0 atom stereocenters. The van der Waals surface area contributed by atoms with Crippen LogP contribution in [0.25, 0.3) is 22.3 Å². The quantitative estimate of drug-likeness (QED) is 0.397. The van der Waals surface area contributed by atoms with E-state index in [0.29, 0.717) is 5.92 Å². The number of hydrogen-bond acceptors (Lipinski definition) is 5. The molecule has 1 saturated heterocycles. The number of carbonyl (C=O) groups excluding carboxylic acids is 1. The summed E-state index contributed by atoms with van der Waals surface area (Å²) >= 11 is 1.57. The lowest BCUT2D eigenvalue weighted by molar-refractivity contribution is -0.192. The number of likely N-dealkylation sites (tertiary alicyclic amines) is 1. The van der Waals surface area contributed by atoms with E-state index in [0.717, 1.165) is 59.5 Å². The Morgan fingerprint density at radius 2 is 1.78 bits per heavy atom. The van der Waals surface area contributed by atoms with Crippen LogP contribution in [0.3, 0.4) is 0 Å². The topological polar surface area (TPSA) is 88.3 Å². The number of imidazole rings is 1. The van der Waals surface area contributed by atoms with Crippen LogP contribution in [-0.2, 0) is 11.8 Å². The Morgan fingerprint density at radius 3 is 2.36 bits per heavy atom. The second kappa shape index (κ2) is 10.5. The summed E-state index contributed by atoms with van der Waals surface area (Å²) in [5, 5.41) is 11.0. The number of nitrogens with zero attached hydrogens (tertiary/aromatic N) is 4. The molecular formula is C25H23F3N4O3S. The molecule has 5 rings (SSSR count). The zero-order valence-corrected chi connectivity index (χ0v) is 20.1. The van der Waals surface area contributed by atoms with Crippen LogP contribution in [0.4, 0.5) is 13.2 Å². The van der Waals surface area contributed by atoms with Crippen LogP contribution in [0, 0.1) is 0 Å². The highest BCUT2D eigenvalue weighted by Crippen LogP contribution is 2.33. The van der Waals surface area contributed by atoms with Crippen molar-refractivity contribution in [1.82, 2.24) is 19.4 Å². The lowest BCUT2D eigenvalue weighted by Gasteiger charge is -2.31. The summed E-state index contributed by atoms with van der Waals surface area (Å²) < 4.78 is 33.8. The number of hydrogen-bond donors (Lipinski definition) is 1. The maximum absolute atomic E-state index is 12.6. The third-order valence-electron chi connectivity index (χ3n) is 5.99. The zero-order valence-electron chi connectivity index (χ0n) is 19.3. The van der Waals surface area contributed by atoms with E-state index in [9.17, 15) is 18.0 Å². The number of rotatable bonds is 3. The van der Waals surface area contributed by atoms with E-state index >= 15 is 0 Å². The predicted octanol–water partition coefficient (Wildman–Crippen LogP) is 5.35. The largest absolute Gasteiger partial charge is 0.490 e. The Balaban J connectivity index is 0.000000384. The van der Waals surface area contributed by atoms with Crippen molar-refractivity contribution in [1.29, 1.82) is 0 Å². The van der Waals surface area contributed by atoms with Gasteiger partial charge in [-0.25, -0.2) is 9.78 Å². The Bertz CT molecular complexity index is 1350. The molecule has 1 aliphatic rings. The number of piperidine rings is 1. The van der Waals surface area contributed by atoms with Gasteiger partial charge in [-0.1, -0.05) is 30.3 Å². The molecule has 0 unspecified atom stereocenters. The average molecular weight is 517 g/mol. The first-order chi connectivity index (χ1) is 17.1. The highest BCUT2D eigenvalue weighted by Gasteiger charge is 2.38. The zero-order chi connectivity index (χ0) is 25.9. The molecule has 11 heteroatoms. The third kappa shape index (κ3) is 5.56. The SMILES string of the molecule is Cn1cnc2c(-c3ccccc3)nc(C3CCN(C(=O)c4ccsc4)CC3)cc21.O=C(O)C(F)(F)F. The van der Waals surface area contributed by atoms with Gasteiger partial charge in [0.05, 0.1) is 23.1 Å². The van der Waals surface area contributed by atoms with Gasteiger partial charge >= 0.3 is 12.1 Å². The second-order valence-electron chi connectivity index (χ2n) is 8.37. The standard InChI is InChI=1S/C23H22N4OS.C2HF3O2/c1-26-15-24-22-20(26)13-19(25-21(22)17-5-3-2-4-6-17)16-7-10-27(11-8-16)23(28)18-9-12-29-14-18;3-2(4,5)1(6)7/h2-6,9,12-16H,7-8,10-11H2,1H3;(H,6,7). The lowest BCUT2D eigenvalue weighted by Crippen LogP contribution is -2.37. The van der Waals surface area contributed by atoms with Crippen LogP contribution < -0.4 is 0 Å². The summed E-state index contributed by atoms with van der Waals surface area (Å²) in [6, 6.07) is 14.3. The minimum Gasteiger partial charge on any atom is -0.475 e. The molecular weight excluding hydrogens is 493 g/mol. The first-order valence-electron chi connectivity index (χ1n) is 11.1. The molecule has 4 aromatic rings. The fourth-order valence-electron chi connectivity index (χ4n) is 4.10. The van der Waals surface area contributed by atoms with E-state index in [1.54, 1.807) is 11.3 Å². The second-order valence-corrected chi connectivity index (χ2v) is 9.15. The number of halogens is 3. The summed E-state index contributed by atoms with van der Waals surface area (Å²) in [5.74, 6) is -2.26. The van der Waals surface area contributed by atoms with Crippen molar-refractivity contribution in [2.75, 3.05) is 13.1 Å². The van der Waals surface area contributed by atoms with Crippen molar-refractivity contribution in [3.63, 3.8) is 0 Å². The van der Waals surface area contributed by atoms with E-state index in [2.05, 4.69) is 27.8 Å². The van der Waals surface area contributed by atoms with E-state index in [-0.39, 0.29) is 5.91 Å². The Labute approximate surface area is 208 Å². The van der Waals surface area contributed by atoms with Crippen molar-refractivity contribution in [2.45, 2.75) is 24.9 Å². The molecule has 0 saturated carbocycles. The molecule has 1 aromatic carbocycles. The van der Waals surface area contributed by atoms with Crippen molar-refractivity contribution in [3.8, 4) is 11.3 Å². The maximum Gasteiger partial charge on any atom is 0.490 e. The van der Waals surface area contributed by atoms with Gasteiger partial charge in [0.15, 0.2) is 0 Å². The molecule has 1 amide bonds. The van der Waals surface area contributed by atoms with Crippen LogP contribution in [0.2, 0.25) is 0 Å². The lowest BCUT2D eigenvalue weighted by atomic mass is 9.92. The number of aromatic nitrogens is 3. The number of carboxylic acid groups (broad SMARTS) is 1. The molecule has 0 bridgehead atoms. The van der Waals surface area contributed by atoms with E-state index in [1.165, 1.54) is 0 Å². The molecule has 0 radical (unpaired) electrons. The molecule has 1 aliphatic heterocycles. The first kappa shape index (κ1) is 25.4. The molecule has 1 N–H and O–H groups in total. The number of fused-ring (bicyclic) bond motifs is 1. The van der Waals surface area contributed by atoms with Gasteiger partial charge in [-0.3, -0.25) is 9.78 Å². The van der Waals surface area contributed by atoms with Gasteiger partial charge in [-0.15, -0.1) is 0 Å². The van der Waals surface area contributed by atoms with Crippen LogP contribution in [0.1, 0.15) is 34.8 Å². The van der Waals surface area contributed by atoms with Gasteiger partial charge in [0, 0.05) is 42.7 Å². The normalized spacial score (nSPS) is 14.4. The Morgan fingerprint density at radius 1 is 1.11 bits per heavy atom. The van der Waals surface area contributed by atoms with Crippen LogP contribution in [-0.4, -0.2) is 55.7 Å². The molecule has 3 aromatic heterocycles. The summed E-state index contributed by atoms with van der Waals surface area (Å²) in [6.45, 7) is 1.54. The van der Waals surface area contributed by atoms with Crippen molar-refractivity contribution >= 4 is 34.2 Å². The fraction of sp³-hybridized carbons (Fsp3) is 0.280. The van der Waals surface area contributed by atoms with Gasteiger partial charge in [0.2, 0.25) is 0 Å². The van der Waals surface area contributed by atoms with Crippen LogP contribution in [0.5, 0.6) is 0 Å². The molecule has 7 nitrogen and oxygen atoms in total. The minimum absolute atomic E-state index is 0.143. The first-order valence-corrected chi connectivity index (χ1v) is 12.1. The average Bonchev–Trinajstić information content (AvgIpc) is 3.54. The summed E-state index contributed by atoms with van der Waals surface area (Å²) in [6.07, 6.45) is -1.37. The monoisotopic (exact) mass is 516 g/mol. The number of amides is 1. The van der Waals surface area contributed by atoms with Gasteiger partial charge in [-0.05, 0) is 30.4 Å². The molecule has 0 aliphatic carbocycles. The molecule has 36 heavy (non-hydrogen) atoms. The summed E-state index contributed by atoms with van der Waals surface area (Å²) in [7, 11) is 2.02. The van der Waals surface area contributed by atoms with Gasteiger partial charge in [-0.2, -0.15) is 24.5 Å². The molecule has 0 spiro atoms. The number of pyridine rings is 1. The molecule has 4 heterocycles. The van der Waals surface area contributed by atoms with E-state index < -0.39 is 12.1 Å². The maximum atomic E-state index is 12.6. The van der Waals surface area contributed by atoms with Crippen LogP contribution >= 0.6 is 11.3 Å². The van der Waals surface area contributed by atoms with E-state index in [4.69, 9.17) is 14.9 Å². The summed E-state index contributed by atoms with van der Waals surface area (Å²) in [4.78, 5) is 33.1. The highest BCUT2D eigenvalue weighted by molar-refractivity contribution is 7.08. The minimum atomic E-state index is -5.08. The van der Waals surface area contributed by atoms with Crippen molar-refractivity contribution in [2.24, 2.45) is 7.05 Å². The highest BCUT2D eigenvalue weighted by atomic mass is 32.1. The number of benzene rings is 1. The number of thiophene rings is 1. The number of aliphatic carboxylic acids is 1. The van der Waals surface area contributed by atoms with E-state index in [1.807, 2.05) is 53.3 Å². The van der Waals surface area contributed by atoms with Crippen LogP contribution in [0.15, 0.2) is 59.6 Å². The Hall–Kier alpha value is -3.73. The smallest absolute Gasteiger partial charge is 0.475 e. The van der Waals surface area contributed by atoms with Gasteiger partial charge in [0.25, 0.3) is 5.91 Å². The predicted molar refractivity (Wildman–Crippen MR) is 130 cm³/mol. The number of carbonyl (C=O) groups is 2. The number of aryl methyl sites for hydroxylation is 1. The molecule has 1 fully saturated rings.